The Balaban J connectivity index is 3.30. The van der Waals surface area contributed by atoms with Crippen LogP contribution in [0.1, 0.15) is 66.7 Å². The molecule has 104 valence electrons. The first-order chi connectivity index (χ1) is 7.81. The van der Waals surface area contributed by atoms with Gasteiger partial charge in [0.1, 0.15) is 0 Å². The lowest BCUT2D eigenvalue weighted by atomic mass is 9.97. The van der Waals surface area contributed by atoms with E-state index in [0.29, 0.717) is 5.41 Å². The Bertz CT molecular complexity index is 172. The number of hydrogen-bond donors (Lipinski definition) is 2. The van der Waals surface area contributed by atoms with Gasteiger partial charge in [0.05, 0.1) is 6.10 Å². The minimum atomic E-state index is -0.0924. The van der Waals surface area contributed by atoms with Gasteiger partial charge in [0.15, 0.2) is 0 Å². The number of hydrogen-bond acceptors (Lipinski definition) is 2. The largest absolute Gasteiger partial charge is 0.393 e. The number of aliphatic hydroxyl groups excluding tert-OH is 1. The van der Waals surface area contributed by atoms with E-state index in [2.05, 4.69) is 39.9 Å². The third-order valence-corrected chi connectivity index (χ3v) is 2.87. The molecule has 0 bridgehead atoms. The summed E-state index contributed by atoms with van der Waals surface area (Å²) in [7, 11) is 0. The van der Waals surface area contributed by atoms with Gasteiger partial charge in [0.25, 0.3) is 0 Å². The molecule has 0 amide bonds. The summed E-state index contributed by atoms with van der Waals surface area (Å²) in [6.07, 6.45) is 5.30. The van der Waals surface area contributed by atoms with E-state index in [9.17, 15) is 5.11 Å². The maximum atomic E-state index is 9.79. The first-order valence-electron chi connectivity index (χ1n) is 7.20. The molecular weight excluding hydrogens is 210 g/mol. The van der Waals surface area contributed by atoms with Crippen LogP contribution in [-0.2, 0) is 0 Å². The van der Waals surface area contributed by atoms with Crippen LogP contribution in [0.4, 0.5) is 0 Å². The Morgan fingerprint density at radius 2 is 1.59 bits per heavy atom. The van der Waals surface area contributed by atoms with Crippen LogP contribution in [0.25, 0.3) is 0 Å². The Hall–Kier alpha value is -0.0800. The maximum Gasteiger partial charge on any atom is 0.0540 e. The fraction of sp³-hybridized carbons (Fsp3) is 1.00. The van der Waals surface area contributed by atoms with Crippen LogP contribution in [0.5, 0.6) is 0 Å². The zero-order chi connectivity index (χ0) is 13.3. The lowest BCUT2D eigenvalue weighted by Gasteiger charge is -2.19. The van der Waals surface area contributed by atoms with Gasteiger partial charge in [0, 0.05) is 0 Å². The van der Waals surface area contributed by atoms with E-state index in [1.807, 2.05) is 0 Å². The molecule has 0 aromatic heterocycles. The SMILES string of the molecule is CC(C)CCC[C@H](O)CCCNCC(C)(C)C. The van der Waals surface area contributed by atoms with Gasteiger partial charge in [-0.25, -0.2) is 0 Å². The van der Waals surface area contributed by atoms with Crippen LogP contribution in [-0.4, -0.2) is 24.3 Å². The van der Waals surface area contributed by atoms with Crippen LogP contribution in [0, 0.1) is 11.3 Å². The fourth-order valence-corrected chi connectivity index (χ4v) is 1.83. The van der Waals surface area contributed by atoms with E-state index < -0.39 is 0 Å². The second-order valence-corrected chi connectivity index (χ2v) is 6.86. The van der Waals surface area contributed by atoms with Gasteiger partial charge in [-0.1, -0.05) is 47.5 Å². The van der Waals surface area contributed by atoms with Crippen molar-refractivity contribution < 1.29 is 5.11 Å². The second kappa shape index (κ2) is 8.93. The van der Waals surface area contributed by atoms with Crippen molar-refractivity contribution >= 4 is 0 Å². The molecule has 0 heterocycles. The van der Waals surface area contributed by atoms with Crippen molar-refractivity contribution in [3.8, 4) is 0 Å². The highest BCUT2D eigenvalue weighted by molar-refractivity contribution is 4.65. The molecular formula is C15H33NO. The summed E-state index contributed by atoms with van der Waals surface area (Å²) in [5.74, 6) is 0.760. The Kier molecular flexibility index (Phi) is 8.89. The Morgan fingerprint density at radius 3 is 2.12 bits per heavy atom. The third-order valence-electron chi connectivity index (χ3n) is 2.87. The van der Waals surface area contributed by atoms with Crippen molar-refractivity contribution in [2.24, 2.45) is 11.3 Å². The predicted octanol–water partition coefficient (Wildman–Crippen LogP) is 3.59. The van der Waals surface area contributed by atoms with E-state index in [0.717, 1.165) is 44.7 Å². The van der Waals surface area contributed by atoms with Crippen molar-refractivity contribution in [2.75, 3.05) is 13.1 Å². The molecule has 0 aliphatic heterocycles. The number of rotatable bonds is 9. The summed E-state index contributed by atoms with van der Waals surface area (Å²) in [6.45, 7) is 13.3. The molecule has 2 N–H and O–H groups in total. The van der Waals surface area contributed by atoms with E-state index >= 15 is 0 Å². The molecule has 1 atom stereocenters. The summed E-state index contributed by atoms with van der Waals surface area (Å²) in [6, 6.07) is 0. The zero-order valence-corrected chi connectivity index (χ0v) is 12.6. The van der Waals surface area contributed by atoms with Gasteiger partial charge in [-0.2, -0.15) is 0 Å². The topological polar surface area (TPSA) is 32.3 Å². The minimum absolute atomic E-state index is 0.0924. The summed E-state index contributed by atoms with van der Waals surface area (Å²) in [5.41, 5.74) is 0.357. The number of aliphatic hydroxyl groups is 1. The summed E-state index contributed by atoms with van der Waals surface area (Å²) in [5, 5.41) is 13.2. The molecule has 0 radical (unpaired) electrons. The minimum Gasteiger partial charge on any atom is -0.393 e. The molecule has 2 nitrogen and oxygen atoms in total. The van der Waals surface area contributed by atoms with Gasteiger partial charge in [-0.05, 0) is 43.7 Å². The number of nitrogens with one attached hydrogen (secondary N) is 1. The molecule has 2 heteroatoms. The molecule has 0 unspecified atom stereocenters. The lowest BCUT2D eigenvalue weighted by Crippen LogP contribution is -2.28. The smallest absolute Gasteiger partial charge is 0.0540 e. The monoisotopic (exact) mass is 243 g/mol. The van der Waals surface area contributed by atoms with Crippen LogP contribution in [0.15, 0.2) is 0 Å². The molecule has 0 aromatic carbocycles. The normalized spacial score (nSPS) is 14.3. The van der Waals surface area contributed by atoms with Crippen LogP contribution < -0.4 is 5.32 Å². The molecule has 17 heavy (non-hydrogen) atoms. The fourth-order valence-electron chi connectivity index (χ4n) is 1.83. The average molecular weight is 243 g/mol. The van der Waals surface area contributed by atoms with E-state index in [-0.39, 0.29) is 6.10 Å². The van der Waals surface area contributed by atoms with Crippen LogP contribution in [0.3, 0.4) is 0 Å². The van der Waals surface area contributed by atoms with Crippen molar-refractivity contribution in [1.82, 2.24) is 5.32 Å². The summed E-state index contributed by atoms with van der Waals surface area (Å²) >= 11 is 0. The highest BCUT2D eigenvalue weighted by Crippen LogP contribution is 2.12. The van der Waals surface area contributed by atoms with Gasteiger partial charge in [0.2, 0.25) is 0 Å². The third kappa shape index (κ3) is 13.9. The quantitative estimate of drug-likeness (QED) is 0.607. The zero-order valence-electron chi connectivity index (χ0n) is 12.6. The lowest BCUT2D eigenvalue weighted by molar-refractivity contribution is 0.146. The van der Waals surface area contributed by atoms with Crippen molar-refractivity contribution in [3.05, 3.63) is 0 Å². The Morgan fingerprint density at radius 1 is 1.00 bits per heavy atom. The van der Waals surface area contributed by atoms with Crippen LogP contribution in [0.2, 0.25) is 0 Å². The predicted molar refractivity (Wildman–Crippen MR) is 76.3 cm³/mol. The molecule has 0 saturated carbocycles. The maximum absolute atomic E-state index is 9.79. The van der Waals surface area contributed by atoms with Gasteiger partial charge < -0.3 is 10.4 Å². The van der Waals surface area contributed by atoms with Gasteiger partial charge in [-0.15, -0.1) is 0 Å². The van der Waals surface area contributed by atoms with Gasteiger partial charge >= 0.3 is 0 Å². The van der Waals surface area contributed by atoms with E-state index in [4.69, 9.17) is 0 Å². The van der Waals surface area contributed by atoms with E-state index in [1.54, 1.807) is 0 Å². The molecule has 0 aliphatic rings. The van der Waals surface area contributed by atoms with Crippen LogP contribution >= 0.6 is 0 Å². The standard InChI is InChI=1S/C15H33NO/c1-13(2)8-6-9-14(17)10-7-11-16-12-15(3,4)5/h13-14,16-17H,6-12H2,1-5H3/t14-/m0/s1. The summed E-state index contributed by atoms with van der Waals surface area (Å²) < 4.78 is 0. The molecule has 0 aromatic rings. The van der Waals surface area contributed by atoms with Crippen molar-refractivity contribution in [2.45, 2.75) is 72.8 Å². The van der Waals surface area contributed by atoms with E-state index in [1.165, 1.54) is 6.42 Å². The first kappa shape index (κ1) is 16.9. The first-order valence-corrected chi connectivity index (χ1v) is 7.20. The molecule has 0 rings (SSSR count). The highest BCUT2D eigenvalue weighted by Gasteiger charge is 2.09. The average Bonchev–Trinajstić information content (AvgIpc) is 2.14. The molecule has 0 aliphatic carbocycles. The molecule has 0 spiro atoms. The second-order valence-electron chi connectivity index (χ2n) is 6.86. The molecule has 0 fully saturated rings. The Labute approximate surface area is 108 Å². The highest BCUT2D eigenvalue weighted by atomic mass is 16.3. The summed E-state index contributed by atoms with van der Waals surface area (Å²) in [4.78, 5) is 0. The van der Waals surface area contributed by atoms with Gasteiger partial charge in [-0.3, -0.25) is 0 Å². The molecule has 0 saturated heterocycles. The van der Waals surface area contributed by atoms with Crippen molar-refractivity contribution in [1.29, 1.82) is 0 Å². The van der Waals surface area contributed by atoms with Crippen molar-refractivity contribution in [3.63, 3.8) is 0 Å².